The van der Waals surface area contributed by atoms with Gasteiger partial charge in [-0.15, -0.1) is 0 Å². The summed E-state index contributed by atoms with van der Waals surface area (Å²) in [6.45, 7) is 4.61. The smallest absolute Gasteiger partial charge is 0.229 e. The van der Waals surface area contributed by atoms with E-state index in [1.165, 1.54) is 6.42 Å². The third-order valence-electron chi connectivity index (χ3n) is 4.23. The third kappa shape index (κ3) is 4.78. The van der Waals surface area contributed by atoms with E-state index in [1.807, 2.05) is 6.07 Å². The Morgan fingerprint density at radius 3 is 2.48 bits per heavy atom. The molecule has 1 fully saturated rings. The van der Waals surface area contributed by atoms with E-state index in [2.05, 4.69) is 23.9 Å². The van der Waals surface area contributed by atoms with Crippen molar-refractivity contribution in [2.24, 2.45) is 11.8 Å². The maximum absolute atomic E-state index is 11.2. The van der Waals surface area contributed by atoms with Crippen LogP contribution in [0.15, 0.2) is 18.2 Å². The maximum atomic E-state index is 11.2. The largest absolute Gasteiger partial charge is 0.382 e. The minimum Gasteiger partial charge on any atom is -0.382 e. The van der Waals surface area contributed by atoms with Crippen LogP contribution >= 0.6 is 11.6 Å². The fourth-order valence-electron chi connectivity index (χ4n) is 2.80. The molecule has 21 heavy (non-hydrogen) atoms. The number of nitrogens with one attached hydrogen (secondary N) is 2. The van der Waals surface area contributed by atoms with E-state index in [0.29, 0.717) is 16.8 Å². The molecule has 2 N–H and O–H groups in total. The first-order chi connectivity index (χ1) is 9.74. The van der Waals surface area contributed by atoms with E-state index in [9.17, 15) is 8.42 Å². The molecular formula is C15H23ClN2O2S. The number of rotatable bonds is 4. The van der Waals surface area contributed by atoms with Crippen LogP contribution in [0, 0.1) is 11.8 Å². The van der Waals surface area contributed by atoms with Crippen LogP contribution in [-0.2, 0) is 10.0 Å². The lowest BCUT2D eigenvalue weighted by Crippen LogP contribution is -2.30. The Kier molecular flexibility index (Phi) is 5.04. The molecule has 4 nitrogen and oxygen atoms in total. The minimum atomic E-state index is -3.31. The second-order valence-electron chi connectivity index (χ2n) is 6.18. The second-order valence-corrected chi connectivity index (χ2v) is 8.33. The molecule has 2 rings (SSSR count). The Morgan fingerprint density at radius 2 is 1.90 bits per heavy atom. The average Bonchev–Trinajstić information content (AvgIpc) is 2.36. The Balaban J connectivity index is 2.04. The molecule has 0 spiro atoms. The van der Waals surface area contributed by atoms with Gasteiger partial charge in [0.2, 0.25) is 10.0 Å². The fraction of sp³-hybridized carbons (Fsp3) is 0.600. The normalized spacial score (nSPS) is 26.4. The highest BCUT2D eigenvalue weighted by Gasteiger charge is 2.24. The zero-order chi connectivity index (χ0) is 15.6. The average molecular weight is 331 g/mol. The van der Waals surface area contributed by atoms with Gasteiger partial charge in [-0.3, -0.25) is 4.72 Å². The molecule has 1 aromatic rings. The molecule has 0 aromatic heterocycles. The minimum absolute atomic E-state index is 0.405. The topological polar surface area (TPSA) is 58.2 Å². The summed E-state index contributed by atoms with van der Waals surface area (Å²) in [5, 5.41) is 3.91. The van der Waals surface area contributed by atoms with Crippen LogP contribution in [0.3, 0.4) is 0 Å². The van der Waals surface area contributed by atoms with Gasteiger partial charge in [0.05, 0.1) is 17.0 Å². The lowest BCUT2D eigenvalue weighted by Gasteiger charge is -2.33. The second kappa shape index (κ2) is 6.44. The van der Waals surface area contributed by atoms with Gasteiger partial charge in [0, 0.05) is 11.7 Å². The molecule has 118 valence electrons. The molecule has 1 aromatic carbocycles. The predicted molar refractivity (Wildman–Crippen MR) is 89.5 cm³/mol. The monoisotopic (exact) mass is 330 g/mol. The zero-order valence-electron chi connectivity index (χ0n) is 12.7. The number of anilines is 2. The lowest BCUT2D eigenvalue weighted by atomic mass is 9.79. The summed E-state index contributed by atoms with van der Waals surface area (Å²) < 4.78 is 24.9. The molecule has 0 aliphatic heterocycles. The van der Waals surface area contributed by atoms with E-state index in [0.717, 1.165) is 36.6 Å². The Bertz CT molecular complexity index is 604. The Hall–Kier alpha value is -0.940. The molecule has 0 heterocycles. The van der Waals surface area contributed by atoms with Crippen molar-refractivity contribution >= 4 is 33.0 Å². The van der Waals surface area contributed by atoms with E-state index in [-0.39, 0.29) is 0 Å². The van der Waals surface area contributed by atoms with Gasteiger partial charge >= 0.3 is 0 Å². The summed E-state index contributed by atoms with van der Waals surface area (Å²) >= 11 is 6.14. The van der Waals surface area contributed by atoms with Crippen molar-refractivity contribution in [2.45, 2.75) is 39.2 Å². The van der Waals surface area contributed by atoms with Crippen LogP contribution < -0.4 is 10.0 Å². The molecule has 3 unspecified atom stereocenters. The van der Waals surface area contributed by atoms with Crippen molar-refractivity contribution in [2.75, 3.05) is 16.3 Å². The van der Waals surface area contributed by atoms with Crippen molar-refractivity contribution in [3.05, 3.63) is 23.2 Å². The molecule has 6 heteroatoms. The summed E-state index contributed by atoms with van der Waals surface area (Å²) in [6, 6.07) is 5.79. The first kappa shape index (κ1) is 16.4. The van der Waals surface area contributed by atoms with Gasteiger partial charge in [0.25, 0.3) is 0 Å². The van der Waals surface area contributed by atoms with Gasteiger partial charge in [-0.2, -0.15) is 0 Å². The molecule has 1 saturated carbocycles. The molecule has 3 atom stereocenters. The molecule has 0 amide bonds. The molecular weight excluding hydrogens is 308 g/mol. The van der Waals surface area contributed by atoms with Gasteiger partial charge in [-0.1, -0.05) is 25.4 Å². The standard InChI is InChI=1S/C15H23ClN2O2S/c1-10-4-5-12(8-11(10)2)17-13-6-7-15(14(16)9-13)18-21(3,19)20/h6-7,9-12,17-18H,4-5,8H2,1-3H3. The van der Waals surface area contributed by atoms with Crippen molar-refractivity contribution < 1.29 is 8.42 Å². The molecule has 0 bridgehead atoms. The first-order valence-corrected chi connectivity index (χ1v) is 9.55. The van der Waals surface area contributed by atoms with Crippen LogP contribution in [0.2, 0.25) is 5.02 Å². The van der Waals surface area contributed by atoms with E-state index in [1.54, 1.807) is 12.1 Å². The number of hydrogen-bond donors (Lipinski definition) is 2. The van der Waals surface area contributed by atoms with Gasteiger partial charge in [-0.25, -0.2) is 8.42 Å². The van der Waals surface area contributed by atoms with E-state index < -0.39 is 10.0 Å². The van der Waals surface area contributed by atoms with Gasteiger partial charge in [0.15, 0.2) is 0 Å². The highest BCUT2D eigenvalue weighted by Crippen LogP contribution is 2.32. The lowest BCUT2D eigenvalue weighted by molar-refractivity contribution is 0.261. The van der Waals surface area contributed by atoms with Crippen molar-refractivity contribution in [3.63, 3.8) is 0 Å². The Labute approximate surface area is 132 Å². The van der Waals surface area contributed by atoms with E-state index in [4.69, 9.17) is 11.6 Å². The van der Waals surface area contributed by atoms with Crippen LogP contribution in [0.4, 0.5) is 11.4 Å². The number of halogens is 1. The summed E-state index contributed by atoms with van der Waals surface area (Å²) in [7, 11) is -3.31. The molecule has 1 aliphatic carbocycles. The maximum Gasteiger partial charge on any atom is 0.229 e. The molecule has 1 aliphatic rings. The highest BCUT2D eigenvalue weighted by atomic mass is 35.5. The predicted octanol–water partition coefficient (Wildman–Crippen LogP) is 3.95. The van der Waals surface area contributed by atoms with Crippen LogP contribution in [0.1, 0.15) is 33.1 Å². The summed E-state index contributed by atoms with van der Waals surface area (Å²) in [4.78, 5) is 0. The number of benzene rings is 1. The van der Waals surface area contributed by atoms with Gasteiger partial charge < -0.3 is 5.32 Å². The zero-order valence-corrected chi connectivity index (χ0v) is 14.3. The fourth-order valence-corrected chi connectivity index (χ4v) is 3.66. The summed E-state index contributed by atoms with van der Waals surface area (Å²) in [6.07, 6.45) is 4.66. The summed E-state index contributed by atoms with van der Waals surface area (Å²) in [5.41, 5.74) is 1.35. The molecule has 0 saturated heterocycles. The van der Waals surface area contributed by atoms with Crippen molar-refractivity contribution in [3.8, 4) is 0 Å². The Morgan fingerprint density at radius 1 is 1.19 bits per heavy atom. The van der Waals surface area contributed by atoms with Gasteiger partial charge in [-0.05, 0) is 49.3 Å². The van der Waals surface area contributed by atoms with Crippen LogP contribution in [0.25, 0.3) is 0 Å². The van der Waals surface area contributed by atoms with Crippen molar-refractivity contribution in [1.29, 1.82) is 0 Å². The highest BCUT2D eigenvalue weighted by molar-refractivity contribution is 7.92. The SMILES string of the molecule is CC1CCC(Nc2ccc(NS(C)(=O)=O)c(Cl)c2)CC1C. The number of sulfonamides is 1. The van der Waals surface area contributed by atoms with E-state index >= 15 is 0 Å². The quantitative estimate of drug-likeness (QED) is 0.878. The third-order valence-corrected chi connectivity index (χ3v) is 5.14. The van der Waals surface area contributed by atoms with Crippen LogP contribution in [-0.4, -0.2) is 20.7 Å². The summed E-state index contributed by atoms with van der Waals surface area (Å²) in [5.74, 6) is 1.51. The number of hydrogen-bond acceptors (Lipinski definition) is 3. The van der Waals surface area contributed by atoms with Crippen LogP contribution in [0.5, 0.6) is 0 Å². The van der Waals surface area contributed by atoms with Gasteiger partial charge in [0.1, 0.15) is 0 Å². The van der Waals surface area contributed by atoms with Crippen molar-refractivity contribution in [1.82, 2.24) is 0 Å². The molecule has 0 radical (unpaired) electrons. The first-order valence-electron chi connectivity index (χ1n) is 7.28.